The monoisotopic (exact) mass is 319 g/mol. The third-order valence-corrected chi connectivity index (χ3v) is 3.10. The summed E-state index contributed by atoms with van der Waals surface area (Å²) < 4.78 is 4.92. The molecule has 0 saturated carbocycles. The lowest BCUT2D eigenvalue weighted by Crippen LogP contribution is -2.43. The second-order valence-electron chi connectivity index (χ2n) is 4.04. The molecule has 0 saturated heterocycles. The molecule has 1 aromatic rings. The lowest BCUT2D eigenvalue weighted by atomic mass is 10.1. The second kappa shape index (κ2) is 8.09. The predicted molar refractivity (Wildman–Crippen MR) is 76.2 cm³/mol. The fourth-order valence-electron chi connectivity index (χ4n) is 1.54. The van der Waals surface area contributed by atoms with Crippen LogP contribution in [0, 0.1) is 0 Å². The Morgan fingerprint density at radius 1 is 1.40 bits per heavy atom. The molecule has 110 valence electrons. The number of hydrogen-bond acceptors (Lipinski definition) is 3. The van der Waals surface area contributed by atoms with Crippen LogP contribution in [0.1, 0.15) is 12.5 Å². The maximum absolute atomic E-state index is 11.5. The molecule has 0 radical (unpaired) electrons. The first-order valence-corrected chi connectivity index (χ1v) is 6.73. The van der Waals surface area contributed by atoms with Gasteiger partial charge in [0.25, 0.3) is 0 Å². The summed E-state index contributed by atoms with van der Waals surface area (Å²) in [6.45, 7) is 1.96. The maximum atomic E-state index is 11.5. The quantitative estimate of drug-likeness (QED) is 0.807. The van der Waals surface area contributed by atoms with Crippen molar-refractivity contribution in [3.05, 3.63) is 33.8 Å². The molecule has 1 atom stereocenters. The Bertz CT molecular complexity index is 493. The van der Waals surface area contributed by atoms with E-state index in [-0.39, 0.29) is 13.0 Å². The highest BCUT2D eigenvalue weighted by molar-refractivity contribution is 6.35. The first-order valence-electron chi connectivity index (χ1n) is 5.98. The van der Waals surface area contributed by atoms with Crippen molar-refractivity contribution in [3.63, 3.8) is 0 Å². The fraction of sp³-hybridized carbons (Fsp3) is 0.385. The molecule has 0 fully saturated rings. The Balaban J connectivity index is 2.72. The molecule has 0 aliphatic heterocycles. The highest BCUT2D eigenvalue weighted by Gasteiger charge is 2.21. The van der Waals surface area contributed by atoms with Crippen LogP contribution in [-0.2, 0) is 20.7 Å². The van der Waals surface area contributed by atoms with Gasteiger partial charge in [0, 0.05) is 23.1 Å². The number of nitrogens with one attached hydrogen (secondary N) is 1. The van der Waals surface area contributed by atoms with E-state index in [9.17, 15) is 9.59 Å². The number of aliphatic carboxylic acids is 1. The molecular formula is C13H15Cl2NO4. The van der Waals surface area contributed by atoms with Crippen LogP contribution in [0.5, 0.6) is 0 Å². The van der Waals surface area contributed by atoms with Crippen molar-refractivity contribution in [2.75, 3.05) is 13.2 Å². The van der Waals surface area contributed by atoms with Crippen LogP contribution in [0.2, 0.25) is 10.0 Å². The molecule has 5 nitrogen and oxygen atoms in total. The average molecular weight is 320 g/mol. The molecule has 0 spiro atoms. The van der Waals surface area contributed by atoms with Gasteiger partial charge in [0.2, 0.25) is 5.91 Å². The number of carboxylic acid groups (broad SMARTS) is 1. The summed E-state index contributed by atoms with van der Waals surface area (Å²) in [6, 6.07) is 3.71. The van der Waals surface area contributed by atoms with Gasteiger partial charge in [-0.15, -0.1) is 0 Å². The first kappa shape index (κ1) is 16.8. The molecule has 0 heterocycles. The maximum Gasteiger partial charge on any atom is 0.326 e. The Hall–Kier alpha value is -1.30. The van der Waals surface area contributed by atoms with Gasteiger partial charge in [-0.3, -0.25) is 4.79 Å². The molecule has 1 aromatic carbocycles. The van der Waals surface area contributed by atoms with E-state index in [0.29, 0.717) is 22.2 Å². The number of halogens is 2. The Morgan fingerprint density at radius 3 is 2.65 bits per heavy atom. The summed E-state index contributed by atoms with van der Waals surface area (Å²) in [7, 11) is 0. The summed E-state index contributed by atoms with van der Waals surface area (Å²) in [5, 5.41) is 12.3. The van der Waals surface area contributed by atoms with Crippen LogP contribution in [0.3, 0.4) is 0 Å². The van der Waals surface area contributed by atoms with Crippen molar-refractivity contribution in [1.29, 1.82) is 0 Å². The molecule has 1 rings (SSSR count). The summed E-state index contributed by atoms with van der Waals surface area (Å²) in [5.41, 5.74) is 0.597. The molecule has 0 aliphatic rings. The summed E-state index contributed by atoms with van der Waals surface area (Å²) in [6.07, 6.45) is 0.0726. The number of carboxylic acids is 1. The molecule has 0 bridgehead atoms. The average Bonchev–Trinajstić information content (AvgIpc) is 2.38. The van der Waals surface area contributed by atoms with Crippen molar-refractivity contribution in [2.24, 2.45) is 0 Å². The smallest absolute Gasteiger partial charge is 0.326 e. The molecule has 0 aromatic heterocycles. The van der Waals surface area contributed by atoms with E-state index < -0.39 is 17.9 Å². The molecule has 0 unspecified atom stereocenters. The number of hydrogen-bond donors (Lipinski definition) is 2. The summed E-state index contributed by atoms with van der Waals surface area (Å²) in [4.78, 5) is 22.7. The Labute approximate surface area is 126 Å². The number of ether oxygens (including phenoxy) is 1. The fourth-order valence-corrected chi connectivity index (χ4v) is 2.02. The largest absolute Gasteiger partial charge is 0.480 e. The van der Waals surface area contributed by atoms with Crippen LogP contribution in [-0.4, -0.2) is 36.2 Å². The van der Waals surface area contributed by atoms with Crippen LogP contribution in [0.25, 0.3) is 0 Å². The van der Waals surface area contributed by atoms with E-state index in [1.807, 2.05) is 0 Å². The Morgan fingerprint density at radius 2 is 2.10 bits per heavy atom. The summed E-state index contributed by atoms with van der Waals surface area (Å²) >= 11 is 11.8. The van der Waals surface area contributed by atoms with Gasteiger partial charge in [-0.2, -0.15) is 0 Å². The number of carbonyl (C=O) groups excluding carboxylic acids is 1. The number of benzene rings is 1. The molecule has 1 amide bonds. The lowest BCUT2D eigenvalue weighted by Gasteiger charge is -2.15. The van der Waals surface area contributed by atoms with E-state index >= 15 is 0 Å². The lowest BCUT2D eigenvalue weighted by molar-refractivity contribution is -0.142. The minimum Gasteiger partial charge on any atom is -0.480 e. The molecule has 7 heteroatoms. The van der Waals surface area contributed by atoms with Crippen molar-refractivity contribution >= 4 is 35.1 Å². The van der Waals surface area contributed by atoms with E-state index in [4.69, 9.17) is 33.0 Å². The van der Waals surface area contributed by atoms with Gasteiger partial charge in [-0.1, -0.05) is 29.3 Å². The number of carbonyl (C=O) groups is 2. The highest BCUT2D eigenvalue weighted by atomic mass is 35.5. The van der Waals surface area contributed by atoms with Crippen LogP contribution < -0.4 is 5.32 Å². The minimum atomic E-state index is -1.14. The SMILES string of the molecule is CCOCC(=O)N[C@@H](Cc1ccc(Cl)cc1Cl)C(=O)O. The third-order valence-electron chi connectivity index (χ3n) is 2.51. The van der Waals surface area contributed by atoms with E-state index in [2.05, 4.69) is 5.32 Å². The molecular weight excluding hydrogens is 305 g/mol. The standard InChI is InChI=1S/C13H15Cl2NO4/c1-2-20-7-12(17)16-11(13(18)19)5-8-3-4-9(14)6-10(8)15/h3-4,6,11H,2,5,7H2,1H3,(H,16,17)(H,18,19)/t11-/m0/s1. The van der Waals surface area contributed by atoms with Gasteiger partial charge in [-0.25, -0.2) is 4.79 Å². The predicted octanol–water partition coefficient (Wildman–Crippen LogP) is 2.14. The zero-order valence-corrected chi connectivity index (χ0v) is 12.4. The second-order valence-corrected chi connectivity index (χ2v) is 4.88. The van der Waals surface area contributed by atoms with Crippen molar-refractivity contribution < 1.29 is 19.4 Å². The minimum absolute atomic E-state index is 0.0726. The van der Waals surface area contributed by atoms with Gasteiger partial charge >= 0.3 is 5.97 Å². The number of amides is 1. The zero-order valence-electron chi connectivity index (χ0n) is 10.9. The number of rotatable bonds is 7. The van der Waals surface area contributed by atoms with Crippen molar-refractivity contribution in [3.8, 4) is 0 Å². The van der Waals surface area contributed by atoms with Crippen LogP contribution in [0.15, 0.2) is 18.2 Å². The van der Waals surface area contributed by atoms with Gasteiger partial charge in [0.05, 0.1) is 0 Å². The van der Waals surface area contributed by atoms with E-state index in [1.54, 1.807) is 19.1 Å². The van der Waals surface area contributed by atoms with Gasteiger partial charge in [0.15, 0.2) is 0 Å². The van der Waals surface area contributed by atoms with Gasteiger partial charge < -0.3 is 15.2 Å². The molecule has 20 heavy (non-hydrogen) atoms. The van der Waals surface area contributed by atoms with Gasteiger partial charge in [-0.05, 0) is 24.6 Å². The normalized spacial score (nSPS) is 11.9. The zero-order chi connectivity index (χ0) is 15.1. The van der Waals surface area contributed by atoms with Crippen molar-refractivity contribution in [1.82, 2.24) is 5.32 Å². The topological polar surface area (TPSA) is 75.6 Å². The van der Waals surface area contributed by atoms with E-state index in [0.717, 1.165) is 0 Å². The van der Waals surface area contributed by atoms with E-state index in [1.165, 1.54) is 6.07 Å². The Kier molecular flexibility index (Phi) is 6.78. The first-order chi connectivity index (χ1) is 9.43. The third kappa shape index (κ3) is 5.36. The van der Waals surface area contributed by atoms with Crippen molar-refractivity contribution in [2.45, 2.75) is 19.4 Å². The van der Waals surface area contributed by atoms with Gasteiger partial charge in [0.1, 0.15) is 12.6 Å². The molecule has 0 aliphatic carbocycles. The summed E-state index contributed by atoms with van der Waals surface area (Å²) in [5.74, 6) is -1.62. The van der Waals surface area contributed by atoms with Crippen LogP contribution in [0.4, 0.5) is 0 Å². The highest BCUT2D eigenvalue weighted by Crippen LogP contribution is 2.22. The molecule has 2 N–H and O–H groups in total. The van der Waals surface area contributed by atoms with Crippen LogP contribution >= 0.6 is 23.2 Å².